The van der Waals surface area contributed by atoms with Gasteiger partial charge in [-0.1, -0.05) is 0 Å². The highest BCUT2D eigenvalue weighted by Crippen LogP contribution is 2.42. The fourth-order valence-corrected chi connectivity index (χ4v) is 3.26. The first-order valence-electron chi connectivity index (χ1n) is 9.20. The minimum absolute atomic E-state index is 0.0224. The van der Waals surface area contributed by atoms with E-state index in [4.69, 9.17) is 10.00 Å². The van der Waals surface area contributed by atoms with Gasteiger partial charge < -0.3 is 9.30 Å². The first-order chi connectivity index (χ1) is 14.2. The Labute approximate surface area is 169 Å². The molecule has 1 aliphatic carbocycles. The van der Waals surface area contributed by atoms with Crippen molar-refractivity contribution in [1.29, 1.82) is 5.26 Å². The van der Waals surface area contributed by atoms with Crippen LogP contribution in [0, 0.1) is 34.6 Å². The molecular formula is C21H16F4N4O. The van der Waals surface area contributed by atoms with Crippen LogP contribution in [-0.4, -0.2) is 14.8 Å². The summed E-state index contributed by atoms with van der Waals surface area (Å²) in [5.41, 5.74) is -1.05. The van der Waals surface area contributed by atoms with Crippen molar-refractivity contribution in [1.82, 2.24) is 14.8 Å². The lowest BCUT2D eigenvalue weighted by Gasteiger charge is -2.27. The van der Waals surface area contributed by atoms with Crippen molar-refractivity contribution in [3.8, 4) is 23.2 Å². The van der Waals surface area contributed by atoms with Gasteiger partial charge in [0.05, 0.1) is 17.2 Å². The molecule has 1 aliphatic rings. The molecule has 0 N–H and O–H groups in total. The molecule has 154 valence electrons. The first kappa shape index (κ1) is 19.9. The average molecular weight is 416 g/mol. The largest absolute Gasteiger partial charge is 0.474 e. The third-order valence-corrected chi connectivity index (χ3v) is 4.81. The van der Waals surface area contributed by atoms with Crippen LogP contribution in [0.4, 0.5) is 17.6 Å². The molecule has 9 heteroatoms. The molecule has 1 saturated carbocycles. The van der Waals surface area contributed by atoms with Gasteiger partial charge in [0.2, 0.25) is 0 Å². The van der Waals surface area contributed by atoms with Gasteiger partial charge in [-0.2, -0.15) is 5.26 Å². The summed E-state index contributed by atoms with van der Waals surface area (Å²) in [5, 5.41) is 17.2. The van der Waals surface area contributed by atoms with Crippen LogP contribution in [0.15, 0.2) is 30.3 Å². The Morgan fingerprint density at radius 2 is 1.70 bits per heavy atom. The predicted molar refractivity (Wildman–Crippen MR) is 98.4 cm³/mol. The van der Waals surface area contributed by atoms with Crippen molar-refractivity contribution >= 4 is 0 Å². The van der Waals surface area contributed by atoms with Crippen molar-refractivity contribution in [2.75, 3.05) is 0 Å². The summed E-state index contributed by atoms with van der Waals surface area (Å²) in [6.45, 7) is 3.08. The smallest absolute Gasteiger partial charge is 0.192 e. The Morgan fingerprint density at radius 3 is 2.27 bits per heavy atom. The Bertz CT molecular complexity index is 1160. The van der Waals surface area contributed by atoms with Crippen LogP contribution in [0.5, 0.6) is 5.75 Å². The summed E-state index contributed by atoms with van der Waals surface area (Å²) in [7, 11) is 0. The maximum atomic E-state index is 14.6. The SMILES string of the molecule is CC(C)(Oc1c(F)cc(F)cc1F)c1nnc(-c2ccc(C#N)cc2F)n1C1CC1. The molecule has 3 aromatic rings. The van der Waals surface area contributed by atoms with Crippen molar-refractivity contribution in [2.24, 2.45) is 0 Å². The van der Waals surface area contributed by atoms with Crippen LogP contribution in [-0.2, 0) is 5.60 Å². The number of nitriles is 1. The average Bonchev–Trinajstić information content (AvgIpc) is 3.42. The zero-order valence-corrected chi connectivity index (χ0v) is 16.1. The molecule has 1 aromatic heterocycles. The molecule has 1 fully saturated rings. The van der Waals surface area contributed by atoms with Crippen molar-refractivity contribution in [3.63, 3.8) is 0 Å². The standard InChI is InChI=1S/C21H16F4N4O/c1-21(2,30-18-16(24)8-12(22)9-17(18)25)20-28-27-19(29(20)13-4-5-13)14-6-3-11(10-26)7-15(14)23/h3,6-9,13H,4-5H2,1-2H3. The Hall–Kier alpha value is -3.41. The van der Waals surface area contributed by atoms with Crippen molar-refractivity contribution < 1.29 is 22.3 Å². The summed E-state index contributed by atoms with van der Waals surface area (Å²) in [6.07, 6.45) is 1.59. The molecule has 4 rings (SSSR count). The zero-order chi connectivity index (χ0) is 21.6. The second-order valence-electron chi connectivity index (χ2n) is 7.57. The van der Waals surface area contributed by atoms with E-state index in [2.05, 4.69) is 10.2 Å². The molecule has 2 aromatic carbocycles. The van der Waals surface area contributed by atoms with Gasteiger partial charge in [0.1, 0.15) is 11.6 Å². The summed E-state index contributed by atoms with van der Waals surface area (Å²) >= 11 is 0. The summed E-state index contributed by atoms with van der Waals surface area (Å²) in [6, 6.07) is 6.90. The highest BCUT2D eigenvalue weighted by molar-refractivity contribution is 5.58. The predicted octanol–water partition coefficient (Wildman–Crippen LogP) is 5.02. The van der Waals surface area contributed by atoms with Gasteiger partial charge in [0.25, 0.3) is 0 Å². The number of aromatic nitrogens is 3. The fraction of sp³-hybridized carbons (Fsp3) is 0.286. The lowest BCUT2D eigenvalue weighted by Crippen LogP contribution is -2.30. The minimum atomic E-state index is -1.36. The molecule has 0 saturated heterocycles. The first-order valence-corrected chi connectivity index (χ1v) is 9.20. The van der Waals surface area contributed by atoms with Gasteiger partial charge in [-0.3, -0.25) is 0 Å². The van der Waals surface area contributed by atoms with Crippen molar-refractivity contribution in [2.45, 2.75) is 38.3 Å². The highest BCUT2D eigenvalue weighted by atomic mass is 19.1. The van der Waals surface area contributed by atoms with Gasteiger partial charge in [0, 0.05) is 18.2 Å². The van der Waals surface area contributed by atoms with Crippen LogP contribution >= 0.6 is 0 Å². The molecule has 5 nitrogen and oxygen atoms in total. The fourth-order valence-electron chi connectivity index (χ4n) is 3.26. The number of benzene rings is 2. The number of halogens is 4. The van der Waals surface area contributed by atoms with E-state index < -0.39 is 34.6 Å². The highest BCUT2D eigenvalue weighted by Gasteiger charge is 2.38. The van der Waals surface area contributed by atoms with Gasteiger partial charge in [0.15, 0.2) is 34.6 Å². The molecule has 0 aliphatic heterocycles. The molecule has 0 radical (unpaired) electrons. The third-order valence-electron chi connectivity index (χ3n) is 4.81. The monoisotopic (exact) mass is 416 g/mol. The maximum Gasteiger partial charge on any atom is 0.192 e. The minimum Gasteiger partial charge on any atom is -0.474 e. The van der Waals surface area contributed by atoms with E-state index >= 15 is 0 Å². The molecule has 30 heavy (non-hydrogen) atoms. The van der Waals surface area contributed by atoms with E-state index in [0.29, 0.717) is 12.1 Å². The van der Waals surface area contributed by atoms with Gasteiger partial charge >= 0.3 is 0 Å². The number of hydrogen-bond donors (Lipinski definition) is 0. The van der Waals surface area contributed by atoms with Crippen LogP contribution in [0.2, 0.25) is 0 Å². The molecule has 0 atom stereocenters. The van der Waals surface area contributed by atoms with E-state index in [9.17, 15) is 17.6 Å². The molecule has 0 bridgehead atoms. The summed E-state index contributed by atoms with van der Waals surface area (Å²) < 4.78 is 63.2. The number of ether oxygens (including phenoxy) is 1. The van der Waals surface area contributed by atoms with E-state index in [1.807, 2.05) is 6.07 Å². The second kappa shape index (κ2) is 7.13. The van der Waals surface area contributed by atoms with Crippen LogP contribution in [0.3, 0.4) is 0 Å². The van der Waals surface area contributed by atoms with Gasteiger partial charge in [-0.25, -0.2) is 17.6 Å². The molecular weight excluding hydrogens is 400 g/mol. The third kappa shape index (κ3) is 3.49. The van der Waals surface area contributed by atoms with E-state index in [0.717, 1.165) is 18.9 Å². The molecule has 0 amide bonds. The normalized spacial score (nSPS) is 13.9. The summed E-state index contributed by atoms with van der Waals surface area (Å²) in [5.74, 6) is -4.33. The van der Waals surface area contributed by atoms with Crippen LogP contribution < -0.4 is 4.74 Å². The molecule has 1 heterocycles. The lowest BCUT2D eigenvalue weighted by atomic mass is 10.1. The molecule has 0 spiro atoms. The molecule has 0 unspecified atom stereocenters. The van der Waals surface area contributed by atoms with E-state index in [-0.39, 0.29) is 28.8 Å². The number of hydrogen-bond acceptors (Lipinski definition) is 4. The topological polar surface area (TPSA) is 63.7 Å². The van der Waals surface area contributed by atoms with E-state index in [1.54, 1.807) is 4.57 Å². The number of rotatable bonds is 5. The second-order valence-corrected chi connectivity index (χ2v) is 7.57. The van der Waals surface area contributed by atoms with E-state index in [1.165, 1.54) is 26.0 Å². The zero-order valence-electron chi connectivity index (χ0n) is 16.1. The lowest BCUT2D eigenvalue weighted by molar-refractivity contribution is 0.0822. The Balaban J connectivity index is 1.78. The maximum absolute atomic E-state index is 14.6. The van der Waals surface area contributed by atoms with Crippen molar-refractivity contribution in [3.05, 3.63) is 65.0 Å². The van der Waals surface area contributed by atoms with Crippen LogP contribution in [0.1, 0.15) is 44.1 Å². The quantitative estimate of drug-likeness (QED) is 0.548. The van der Waals surface area contributed by atoms with Gasteiger partial charge in [-0.05, 0) is 44.9 Å². The summed E-state index contributed by atoms with van der Waals surface area (Å²) in [4.78, 5) is 0. The van der Waals surface area contributed by atoms with Gasteiger partial charge in [-0.15, -0.1) is 10.2 Å². The Morgan fingerprint density at radius 1 is 1.03 bits per heavy atom. The Kier molecular flexibility index (Phi) is 4.73. The number of nitrogens with zero attached hydrogens (tertiary/aromatic N) is 4. The van der Waals surface area contributed by atoms with Crippen LogP contribution in [0.25, 0.3) is 11.4 Å².